The molecule has 3 heteroatoms. The number of aryl methyl sites for hydroxylation is 2. The number of hydrazine groups is 1. The lowest BCUT2D eigenvalue weighted by molar-refractivity contribution is 0.467. The van der Waals surface area contributed by atoms with E-state index in [0.717, 1.165) is 28.2 Å². The van der Waals surface area contributed by atoms with Crippen LogP contribution in [0.5, 0.6) is 5.75 Å². The van der Waals surface area contributed by atoms with Crippen molar-refractivity contribution < 1.29 is 5.11 Å². The molecule has 116 valence electrons. The molecule has 2 N–H and O–H groups in total. The van der Waals surface area contributed by atoms with Crippen LogP contribution in [-0.4, -0.2) is 5.11 Å². The van der Waals surface area contributed by atoms with Crippen LogP contribution in [0, 0.1) is 13.8 Å². The Kier molecular flexibility index (Phi) is 4.20. The second-order valence-electron chi connectivity index (χ2n) is 5.58. The normalized spacial score (nSPS) is 10.3. The van der Waals surface area contributed by atoms with Crippen LogP contribution in [0.4, 0.5) is 17.1 Å². The highest BCUT2D eigenvalue weighted by Crippen LogP contribution is 2.32. The number of phenolic OH excluding ortho intramolecular Hbond substituents is 1. The Labute approximate surface area is 136 Å². The maximum absolute atomic E-state index is 10.0. The zero-order valence-electron chi connectivity index (χ0n) is 13.3. The van der Waals surface area contributed by atoms with Gasteiger partial charge in [-0.1, -0.05) is 36.4 Å². The van der Waals surface area contributed by atoms with Gasteiger partial charge in [0.05, 0.1) is 17.1 Å². The van der Waals surface area contributed by atoms with Gasteiger partial charge in [-0.3, -0.25) is 10.4 Å². The largest absolute Gasteiger partial charge is 0.507 e. The highest BCUT2D eigenvalue weighted by atomic mass is 16.3. The van der Waals surface area contributed by atoms with E-state index >= 15 is 0 Å². The minimum atomic E-state index is 0.349. The number of para-hydroxylation sites is 2. The summed E-state index contributed by atoms with van der Waals surface area (Å²) in [6.07, 6.45) is 0. The van der Waals surface area contributed by atoms with Crippen molar-refractivity contribution in [2.24, 2.45) is 0 Å². The van der Waals surface area contributed by atoms with Crippen LogP contribution in [0.25, 0.3) is 0 Å². The highest BCUT2D eigenvalue weighted by molar-refractivity contribution is 5.70. The Morgan fingerprint density at radius 1 is 0.739 bits per heavy atom. The summed E-state index contributed by atoms with van der Waals surface area (Å²) in [5.41, 5.74) is 8.16. The Hall–Kier alpha value is -2.94. The van der Waals surface area contributed by atoms with E-state index in [1.54, 1.807) is 0 Å². The Morgan fingerprint density at radius 3 is 1.83 bits per heavy atom. The topological polar surface area (TPSA) is 35.5 Å². The summed E-state index contributed by atoms with van der Waals surface area (Å²) >= 11 is 0. The van der Waals surface area contributed by atoms with Crippen molar-refractivity contribution in [2.75, 3.05) is 10.4 Å². The zero-order valence-corrected chi connectivity index (χ0v) is 13.3. The molecule has 0 aliphatic rings. The summed E-state index contributed by atoms with van der Waals surface area (Å²) in [5, 5.41) is 12.1. The first-order valence-electron chi connectivity index (χ1n) is 7.62. The van der Waals surface area contributed by atoms with Crippen LogP contribution in [0.2, 0.25) is 0 Å². The molecule has 0 amide bonds. The van der Waals surface area contributed by atoms with Gasteiger partial charge in [0.1, 0.15) is 5.75 Å². The van der Waals surface area contributed by atoms with Crippen LogP contribution in [0.15, 0.2) is 72.8 Å². The lowest BCUT2D eigenvalue weighted by Gasteiger charge is -2.27. The number of nitrogens with zero attached hydrogens (tertiary/aromatic N) is 1. The smallest absolute Gasteiger partial charge is 0.121 e. The van der Waals surface area contributed by atoms with Crippen molar-refractivity contribution >= 4 is 17.1 Å². The van der Waals surface area contributed by atoms with Gasteiger partial charge in [0, 0.05) is 0 Å². The molecule has 0 aliphatic carbocycles. The fourth-order valence-corrected chi connectivity index (χ4v) is 2.56. The highest BCUT2D eigenvalue weighted by Gasteiger charge is 2.12. The van der Waals surface area contributed by atoms with Crippen molar-refractivity contribution in [1.29, 1.82) is 0 Å². The number of aromatic hydroxyl groups is 1. The molecule has 3 aromatic carbocycles. The molecule has 0 unspecified atom stereocenters. The molecule has 0 spiro atoms. The summed E-state index contributed by atoms with van der Waals surface area (Å²) in [4.78, 5) is 0. The van der Waals surface area contributed by atoms with Crippen LogP contribution in [0.1, 0.15) is 11.1 Å². The molecule has 0 heterocycles. The van der Waals surface area contributed by atoms with E-state index in [2.05, 4.69) is 5.43 Å². The van der Waals surface area contributed by atoms with Gasteiger partial charge in [-0.05, 0) is 61.4 Å². The molecule has 0 fully saturated rings. The van der Waals surface area contributed by atoms with Crippen LogP contribution >= 0.6 is 0 Å². The van der Waals surface area contributed by atoms with E-state index < -0.39 is 0 Å². The summed E-state index contributed by atoms with van der Waals surface area (Å²) in [6.45, 7) is 3.83. The molecular weight excluding hydrogens is 284 g/mol. The number of phenols is 1. The lowest BCUT2D eigenvalue weighted by atomic mass is 10.1. The number of hydrogen-bond donors (Lipinski definition) is 2. The van der Waals surface area contributed by atoms with Gasteiger partial charge in [-0.25, -0.2) is 0 Å². The number of benzene rings is 3. The molecule has 0 saturated carbocycles. The van der Waals surface area contributed by atoms with E-state index in [4.69, 9.17) is 0 Å². The maximum Gasteiger partial charge on any atom is 0.121 e. The van der Waals surface area contributed by atoms with Gasteiger partial charge < -0.3 is 5.11 Å². The number of anilines is 3. The summed E-state index contributed by atoms with van der Waals surface area (Å²) < 4.78 is 0. The first-order chi connectivity index (χ1) is 11.1. The van der Waals surface area contributed by atoms with E-state index in [-0.39, 0.29) is 0 Å². The Morgan fingerprint density at radius 2 is 1.26 bits per heavy atom. The third-order valence-corrected chi connectivity index (χ3v) is 3.76. The first kappa shape index (κ1) is 15.0. The molecule has 3 nitrogen and oxygen atoms in total. The Bertz CT molecular complexity index is 762. The number of nitrogens with one attached hydrogen (secondary N) is 1. The van der Waals surface area contributed by atoms with Gasteiger partial charge in [0.2, 0.25) is 0 Å². The molecule has 23 heavy (non-hydrogen) atoms. The SMILES string of the molecule is Cc1cc(N(Nc2ccccc2)c2ccccc2)cc(C)c1O. The lowest BCUT2D eigenvalue weighted by Crippen LogP contribution is -2.24. The second kappa shape index (κ2) is 6.44. The Balaban J connectivity index is 2.05. The predicted octanol–water partition coefficient (Wildman–Crippen LogP) is 5.17. The van der Waals surface area contributed by atoms with E-state index in [9.17, 15) is 5.11 Å². The molecule has 0 aromatic heterocycles. The molecule has 0 saturated heterocycles. The maximum atomic E-state index is 10.0. The standard InChI is InChI=1S/C20H20N2O/c1-15-13-19(14-16(2)20(15)23)22(18-11-7-4-8-12-18)21-17-9-5-3-6-10-17/h3-14,21,23H,1-2H3. The van der Waals surface area contributed by atoms with Crippen molar-refractivity contribution in [1.82, 2.24) is 0 Å². The van der Waals surface area contributed by atoms with E-state index in [1.165, 1.54) is 0 Å². The van der Waals surface area contributed by atoms with Gasteiger partial charge >= 0.3 is 0 Å². The van der Waals surface area contributed by atoms with Crippen molar-refractivity contribution in [2.45, 2.75) is 13.8 Å². The molecule has 0 atom stereocenters. The minimum Gasteiger partial charge on any atom is -0.507 e. The van der Waals surface area contributed by atoms with Crippen LogP contribution < -0.4 is 10.4 Å². The van der Waals surface area contributed by atoms with E-state index in [1.807, 2.05) is 91.7 Å². The van der Waals surface area contributed by atoms with Crippen molar-refractivity contribution in [3.63, 3.8) is 0 Å². The van der Waals surface area contributed by atoms with Crippen LogP contribution in [-0.2, 0) is 0 Å². The van der Waals surface area contributed by atoms with Gasteiger partial charge in [0.25, 0.3) is 0 Å². The summed E-state index contributed by atoms with van der Waals surface area (Å²) in [7, 11) is 0. The number of hydrogen-bond acceptors (Lipinski definition) is 3. The van der Waals surface area contributed by atoms with Crippen molar-refractivity contribution in [3.8, 4) is 5.75 Å². The average Bonchev–Trinajstić information content (AvgIpc) is 2.59. The monoisotopic (exact) mass is 304 g/mol. The van der Waals surface area contributed by atoms with Crippen molar-refractivity contribution in [3.05, 3.63) is 83.9 Å². The molecule has 0 bridgehead atoms. The van der Waals surface area contributed by atoms with Gasteiger partial charge in [0.15, 0.2) is 0 Å². The fourth-order valence-electron chi connectivity index (χ4n) is 2.56. The molecular formula is C20H20N2O. The minimum absolute atomic E-state index is 0.349. The fraction of sp³-hybridized carbons (Fsp3) is 0.100. The third-order valence-electron chi connectivity index (χ3n) is 3.76. The molecule has 0 radical (unpaired) electrons. The van der Waals surface area contributed by atoms with Gasteiger partial charge in [-0.15, -0.1) is 0 Å². The van der Waals surface area contributed by atoms with Crippen LogP contribution in [0.3, 0.4) is 0 Å². The molecule has 0 aliphatic heterocycles. The first-order valence-corrected chi connectivity index (χ1v) is 7.62. The quantitative estimate of drug-likeness (QED) is 0.652. The second-order valence-corrected chi connectivity index (χ2v) is 5.58. The average molecular weight is 304 g/mol. The van der Waals surface area contributed by atoms with Gasteiger partial charge in [-0.2, -0.15) is 0 Å². The summed E-state index contributed by atoms with van der Waals surface area (Å²) in [5.74, 6) is 0.349. The molecule has 3 rings (SSSR count). The number of rotatable bonds is 4. The third kappa shape index (κ3) is 3.29. The predicted molar refractivity (Wildman–Crippen MR) is 96.2 cm³/mol. The zero-order chi connectivity index (χ0) is 16.2. The van der Waals surface area contributed by atoms with E-state index in [0.29, 0.717) is 5.75 Å². The molecule has 3 aromatic rings. The summed E-state index contributed by atoms with van der Waals surface area (Å²) in [6, 6.07) is 24.1.